The van der Waals surface area contributed by atoms with E-state index in [-0.39, 0.29) is 44.6 Å². The molecule has 1 aromatic heterocycles. The number of carboxylic acids is 1. The highest BCUT2D eigenvalue weighted by molar-refractivity contribution is 7.09. The zero-order valence-electron chi connectivity index (χ0n) is 25.9. The SMILES string of the molecule is CCOc1cccc(C(=O)N[C@@H]2C[C@H]3C(=O)N[C@H](C(=O)O)CCC(=O)NCCCC[C@H](NC(=O)Cc4csc(C)n4)C(=O)N3C2)c1. The Labute approximate surface area is 270 Å². The van der Waals surface area contributed by atoms with Crippen LogP contribution in [0, 0.1) is 6.92 Å². The van der Waals surface area contributed by atoms with Gasteiger partial charge in [0.25, 0.3) is 5.91 Å². The molecule has 4 rings (SSSR count). The molecule has 5 N–H and O–H groups in total. The summed E-state index contributed by atoms with van der Waals surface area (Å²) in [4.78, 5) is 83.8. The van der Waals surface area contributed by atoms with Gasteiger partial charge in [0.2, 0.25) is 23.6 Å². The lowest BCUT2D eigenvalue weighted by Gasteiger charge is -2.29. The smallest absolute Gasteiger partial charge is 0.326 e. The first kappa shape index (κ1) is 34.3. The van der Waals surface area contributed by atoms with Gasteiger partial charge in [-0.3, -0.25) is 24.0 Å². The zero-order valence-corrected chi connectivity index (χ0v) is 26.7. The van der Waals surface area contributed by atoms with Crippen molar-refractivity contribution in [3.05, 3.63) is 45.9 Å². The molecule has 0 aliphatic carbocycles. The van der Waals surface area contributed by atoms with Crippen LogP contribution in [0.5, 0.6) is 5.75 Å². The van der Waals surface area contributed by atoms with E-state index in [1.165, 1.54) is 16.2 Å². The molecule has 4 atom stereocenters. The number of carbonyl (C=O) groups excluding carboxylic acids is 5. The molecule has 2 aliphatic rings. The lowest BCUT2D eigenvalue weighted by molar-refractivity contribution is -0.145. The van der Waals surface area contributed by atoms with Crippen LogP contribution in [-0.2, 0) is 30.4 Å². The first-order valence-electron chi connectivity index (χ1n) is 15.4. The second-order valence-electron chi connectivity index (χ2n) is 11.3. The van der Waals surface area contributed by atoms with Crippen LogP contribution >= 0.6 is 11.3 Å². The minimum Gasteiger partial charge on any atom is -0.494 e. The first-order chi connectivity index (χ1) is 22.0. The summed E-state index contributed by atoms with van der Waals surface area (Å²) in [6.45, 7) is 4.34. The van der Waals surface area contributed by atoms with Crippen molar-refractivity contribution in [1.29, 1.82) is 0 Å². The summed E-state index contributed by atoms with van der Waals surface area (Å²) in [6, 6.07) is 2.47. The van der Waals surface area contributed by atoms with Crippen LogP contribution in [0.4, 0.5) is 0 Å². The van der Waals surface area contributed by atoms with Crippen molar-refractivity contribution in [3.63, 3.8) is 0 Å². The molecule has 14 nitrogen and oxygen atoms in total. The van der Waals surface area contributed by atoms with Crippen molar-refractivity contribution in [3.8, 4) is 5.75 Å². The second-order valence-corrected chi connectivity index (χ2v) is 12.4. The highest BCUT2D eigenvalue weighted by atomic mass is 32.1. The summed E-state index contributed by atoms with van der Waals surface area (Å²) in [5.74, 6) is -3.25. The Kier molecular flexibility index (Phi) is 12.1. The number of ether oxygens (including phenoxy) is 1. The molecule has 0 spiro atoms. The number of carboxylic acid groups (broad SMARTS) is 1. The topological polar surface area (TPSA) is 196 Å². The fourth-order valence-corrected chi connectivity index (χ4v) is 6.15. The maximum absolute atomic E-state index is 14.1. The van der Waals surface area contributed by atoms with Crippen molar-refractivity contribution in [2.45, 2.75) is 83.0 Å². The average molecular weight is 657 g/mol. The maximum atomic E-state index is 14.1. The first-order valence-corrected chi connectivity index (χ1v) is 16.3. The van der Waals surface area contributed by atoms with Gasteiger partial charge in [-0.25, -0.2) is 9.78 Å². The lowest BCUT2D eigenvalue weighted by Crippen LogP contribution is -2.55. The van der Waals surface area contributed by atoms with Gasteiger partial charge in [0.15, 0.2) is 0 Å². The van der Waals surface area contributed by atoms with Crippen molar-refractivity contribution in [2.24, 2.45) is 0 Å². The number of aromatic nitrogens is 1. The van der Waals surface area contributed by atoms with E-state index in [1.54, 1.807) is 29.6 Å². The predicted molar refractivity (Wildman–Crippen MR) is 167 cm³/mol. The minimum absolute atomic E-state index is 0.0139. The van der Waals surface area contributed by atoms with Crippen molar-refractivity contribution in [2.75, 3.05) is 19.7 Å². The van der Waals surface area contributed by atoms with Gasteiger partial charge < -0.3 is 36.0 Å². The lowest BCUT2D eigenvalue weighted by atomic mass is 10.1. The molecule has 248 valence electrons. The van der Waals surface area contributed by atoms with Gasteiger partial charge in [-0.1, -0.05) is 6.07 Å². The average Bonchev–Trinajstić information content (AvgIpc) is 3.63. The molecule has 0 radical (unpaired) electrons. The summed E-state index contributed by atoms with van der Waals surface area (Å²) < 4.78 is 5.49. The minimum atomic E-state index is -1.37. The van der Waals surface area contributed by atoms with Gasteiger partial charge in [0, 0.05) is 36.5 Å². The molecule has 2 aromatic rings. The maximum Gasteiger partial charge on any atom is 0.326 e. The van der Waals surface area contributed by atoms with Gasteiger partial charge in [0.05, 0.1) is 23.7 Å². The van der Waals surface area contributed by atoms with Gasteiger partial charge in [-0.15, -0.1) is 11.3 Å². The second kappa shape index (κ2) is 16.2. The van der Waals surface area contributed by atoms with Gasteiger partial charge in [-0.05, 0) is 64.2 Å². The molecule has 2 fully saturated rings. The van der Waals surface area contributed by atoms with E-state index in [0.717, 1.165) is 5.01 Å². The third-order valence-corrected chi connectivity index (χ3v) is 8.61. The summed E-state index contributed by atoms with van der Waals surface area (Å²) >= 11 is 1.41. The third-order valence-electron chi connectivity index (χ3n) is 7.79. The van der Waals surface area contributed by atoms with Gasteiger partial charge in [0.1, 0.15) is 23.9 Å². The summed E-state index contributed by atoms with van der Waals surface area (Å²) in [6.07, 6.45) is 0.955. The highest BCUT2D eigenvalue weighted by Crippen LogP contribution is 2.23. The number of nitrogens with one attached hydrogen (secondary N) is 4. The van der Waals surface area contributed by atoms with Crippen LogP contribution in [-0.4, -0.2) is 94.4 Å². The highest BCUT2D eigenvalue weighted by Gasteiger charge is 2.43. The fourth-order valence-electron chi connectivity index (χ4n) is 5.54. The molecule has 0 unspecified atom stereocenters. The molecular weight excluding hydrogens is 616 g/mol. The van der Waals surface area contributed by atoms with Crippen molar-refractivity contribution >= 4 is 46.8 Å². The number of thiazole rings is 1. The standard InChI is InChI=1S/C31H40N6O8S/c1-3-45-22-8-6-7-19(13-22)28(40)34-20-14-25-29(41)36-24(31(43)44)10-11-26(38)32-12-5-4-9-23(30(42)37(25)16-20)35-27(39)15-21-17-46-18(2)33-21/h6-8,13,17,20,23-25H,3-5,9-12,14-16H2,1-2H3,(H,32,38)(H,34,40)(H,35,39)(H,36,41)(H,43,44)/t20-,23+,24+,25+/m1/s1. The molecule has 3 heterocycles. The van der Waals surface area contributed by atoms with E-state index < -0.39 is 53.8 Å². The quantitative estimate of drug-likeness (QED) is 0.275. The van der Waals surface area contributed by atoms with Crippen LogP contribution in [0.3, 0.4) is 0 Å². The molecule has 0 saturated carbocycles. The Morgan fingerprint density at radius 2 is 1.96 bits per heavy atom. The summed E-state index contributed by atoms with van der Waals surface area (Å²) in [5.41, 5.74) is 0.902. The zero-order chi connectivity index (χ0) is 33.2. The molecular formula is C31H40N6O8S. The number of nitrogens with zero attached hydrogens (tertiary/aromatic N) is 2. The Hall–Kier alpha value is -4.53. The van der Waals surface area contributed by atoms with Gasteiger partial charge >= 0.3 is 5.97 Å². The Balaban J connectivity index is 1.58. The van der Waals surface area contributed by atoms with Crippen LogP contribution in [0.2, 0.25) is 0 Å². The van der Waals surface area contributed by atoms with Crippen LogP contribution < -0.4 is 26.0 Å². The van der Waals surface area contributed by atoms with E-state index in [4.69, 9.17) is 4.74 Å². The predicted octanol–water partition coefficient (Wildman–Crippen LogP) is 0.927. The molecule has 15 heteroatoms. The number of rotatable bonds is 8. The van der Waals surface area contributed by atoms with Crippen molar-refractivity contribution < 1.29 is 38.6 Å². The number of hydrogen-bond donors (Lipinski definition) is 5. The summed E-state index contributed by atoms with van der Waals surface area (Å²) in [5, 5.41) is 23.2. The molecule has 2 saturated heterocycles. The fraction of sp³-hybridized carbons (Fsp3) is 0.516. The van der Waals surface area contributed by atoms with Crippen molar-refractivity contribution in [1.82, 2.24) is 31.2 Å². The van der Waals surface area contributed by atoms with Gasteiger partial charge in [-0.2, -0.15) is 0 Å². The number of carbonyl (C=O) groups is 6. The molecule has 0 bridgehead atoms. The van der Waals surface area contributed by atoms with Crippen LogP contribution in [0.1, 0.15) is 66.5 Å². The van der Waals surface area contributed by atoms with E-state index in [0.29, 0.717) is 43.0 Å². The number of fused-ring (bicyclic) bond motifs is 1. The largest absolute Gasteiger partial charge is 0.494 e. The van der Waals surface area contributed by atoms with E-state index in [1.807, 2.05) is 13.8 Å². The monoisotopic (exact) mass is 656 g/mol. The number of benzene rings is 1. The Morgan fingerprint density at radius 1 is 1.15 bits per heavy atom. The Morgan fingerprint density at radius 3 is 2.67 bits per heavy atom. The van der Waals surface area contributed by atoms with Crippen LogP contribution in [0.15, 0.2) is 29.6 Å². The molecule has 2 aliphatic heterocycles. The molecule has 46 heavy (non-hydrogen) atoms. The Bertz CT molecular complexity index is 1450. The van der Waals surface area contributed by atoms with E-state index in [9.17, 15) is 33.9 Å². The number of aryl methyl sites for hydroxylation is 1. The third kappa shape index (κ3) is 9.49. The van der Waals surface area contributed by atoms with E-state index >= 15 is 0 Å². The number of amides is 5. The number of hydrogen-bond acceptors (Lipinski definition) is 9. The summed E-state index contributed by atoms with van der Waals surface area (Å²) in [7, 11) is 0. The van der Waals surface area contributed by atoms with Crippen LogP contribution in [0.25, 0.3) is 0 Å². The molecule has 1 aromatic carbocycles. The number of aliphatic carboxylic acids is 1. The van der Waals surface area contributed by atoms with E-state index in [2.05, 4.69) is 26.3 Å². The molecule has 5 amide bonds. The normalized spacial score (nSPS) is 22.8.